The average Bonchev–Trinajstić information content (AvgIpc) is 3.34. The lowest BCUT2D eigenvalue weighted by atomic mass is 10.1. The zero-order valence-electron chi connectivity index (χ0n) is 21.3. The third-order valence-electron chi connectivity index (χ3n) is 6.70. The molecule has 0 amide bonds. The van der Waals surface area contributed by atoms with Gasteiger partial charge in [-0.25, -0.2) is 0 Å². The highest BCUT2D eigenvalue weighted by atomic mass is 35.5. The largest absolute Gasteiger partial charge is 0.432 e. The highest BCUT2D eigenvalue weighted by Crippen LogP contribution is 2.37. The van der Waals surface area contributed by atoms with Crippen LogP contribution in [0.5, 0.6) is 5.75 Å². The van der Waals surface area contributed by atoms with Crippen LogP contribution in [0, 0.1) is 0 Å². The fourth-order valence-electron chi connectivity index (χ4n) is 4.93. The fourth-order valence-corrected chi connectivity index (χ4v) is 6.27. The topological polar surface area (TPSA) is 126 Å². The second-order valence-electron chi connectivity index (χ2n) is 9.57. The highest BCUT2D eigenvalue weighted by Gasteiger charge is 2.35. The van der Waals surface area contributed by atoms with Crippen LogP contribution in [-0.4, -0.2) is 56.8 Å². The Kier molecular flexibility index (Phi) is 9.32. The first-order chi connectivity index (χ1) is 18.3. The van der Waals surface area contributed by atoms with Crippen molar-refractivity contribution >= 4 is 54.8 Å². The number of hydrogen-bond donors (Lipinski definition) is 3. The Morgan fingerprint density at radius 1 is 1.05 bits per heavy atom. The molecule has 2 heterocycles. The summed E-state index contributed by atoms with van der Waals surface area (Å²) in [7, 11) is -8.17. The molecule has 0 aromatic heterocycles. The summed E-state index contributed by atoms with van der Waals surface area (Å²) in [5.74, 6) is -0.0467. The van der Waals surface area contributed by atoms with Gasteiger partial charge in [-0.05, 0) is 54.3 Å². The first-order valence-electron chi connectivity index (χ1n) is 12.5. The normalized spacial score (nSPS) is 20.3. The molecule has 39 heavy (non-hydrogen) atoms. The van der Waals surface area contributed by atoms with Crippen molar-refractivity contribution in [2.45, 2.75) is 38.8 Å². The lowest BCUT2D eigenvalue weighted by molar-refractivity contribution is -0.862. The van der Waals surface area contributed by atoms with Crippen LogP contribution in [0.2, 0.25) is 10.0 Å². The van der Waals surface area contributed by atoms with Gasteiger partial charge >= 0.3 is 0 Å². The maximum atomic E-state index is 11.3. The Bertz CT molecular complexity index is 1510. The van der Waals surface area contributed by atoms with Gasteiger partial charge in [0.25, 0.3) is 26.5 Å². The van der Waals surface area contributed by atoms with E-state index in [2.05, 4.69) is 6.08 Å². The molecule has 13 heteroatoms. The molecule has 3 N–H and O–H groups in total. The summed E-state index contributed by atoms with van der Waals surface area (Å²) in [5.41, 5.74) is 4.71. The van der Waals surface area contributed by atoms with E-state index in [4.69, 9.17) is 27.9 Å². The molecule has 0 spiro atoms. The monoisotopic (exact) mass is 617 g/mol. The number of nitrogens with one attached hydrogen (secondary N) is 1. The zero-order chi connectivity index (χ0) is 28.4. The lowest BCUT2D eigenvalue weighted by Crippen LogP contribution is -3.10. The number of anilines is 1. The number of fused-ring (bicyclic) bond motifs is 2. The van der Waals surface area contributed by atoms with Crippen LogP contribution in [0.1, 0.15) is 31.7 Å². The molecule has 0 fully saturated rings. The molecule has 2 aliphatic heterocycles. The summed E-state index contributed by atoms with van der Waals surface area (Å²) in [4.78, 5) is 2.91. The van der Waals surface area contributed by atoms with Gasteiger partial charge in [-0.15, -0.1) is 0 Å². The number of quaternary nitrogens is 1. The minimum Gasteiger partial charge on any atom is -0.432 e. The molecule has 0 saturated carbocycles. The van der Waals surface area contributed by atoms with Gasteiger partial charge < -0.3 is 9.64 Å². The Hall–Kier alpha value is -2.12. The van der Waals surface area contributed by atoms with Gasteiger partial charge in [0.2, 0.25) is 0 Å². The number of ether oxygens (including phenoxy) is 1. The molecular formula is C26H31Cl2N2O7S2+. The van der Waals surface area contributed by atoms with Crippen molar-refractivity contribution in [2.24, 2.45) is 0 Å². The van der Waals surface area contributed by atoms with Crippen molar-refractivity contribution < 1.29 is 35.6 Å². The average molecular weight is 619 g/mol. The molecule has 2 aromatic rings. The van der Waals surface area contributed by atoms with Crippen molar-refractivity contribution in [2.75, 3.05) is 29.5 Å². The summed E-state index contributed by atoms with van der Waals surface area (Å²) in [6.45, 7) is 2.79. The van der Waals surface area contributed by atoms with Crippen LogP contribution >= 0.6 is 23.2 Å². The summed E-state index contributed by atoms with van der Waals surface area (Å²) in [6, 6.07) is 10.9. The number of hydrogen-bond acceptors (Lipinski definition) is 6. The molecule has 2 unspecified atom stereocenters. The van der Waals surface area contributed by atoms with Gasteiger partial charge in [-0.2, -0.15) is 16.8 Å². The van der Waals surface area contributed by atoms with Crippen molar-refractivity contribution in [3.63, 3.8) is 0 Å². The predicted octanol–water partition coefficient (Wildman–Crippen LogP) is 4.07. The molecule has 0 bridgehead atoms. The second kappa shape index (κ2) is 12.2. The van der Waals surface area contributed by atoms with E-state index in [0.29, 0.717) is 41.7 Å². The van der Waals surface area contributed by atoms with E-state index in [1.54, 1.807) is 18.2 Å². The standard InChI is InChI=1S/C26H30Cl2N2O7S2/c1-2-18(13-22-15-19-5-6-20(27)16-23(19)29(22)9-3-11-38(31,32)33)14-26-30(10-4-12-39(34,35)36)24-17-21(28)7-8-25(24)37-26/h5-8,13-14,16-17,26H,2-4,9-12,15H2,1H3,(H,31,32,33)(H,34,35,36)/p+1. The van der Waals surface area contributed by atoms with E-state index >= 15 is 0 Å². The first kappa shape index (κ1) is 29.9. The van der Waals surface area contributed by atoms with Gasteiger partial charge in [0, 0.05) is 53.0 Å². The summed E-state index contributed by atoms with van der Waals surface area (Å²) >= 11 is 12.5. The van der Waals surface area contributed by atoms with Crippen molar-refractivity contribution in [3.05, 3.63) is 75.4 Å². The predicted molar refractivity (Wildman–Crippen MR) is 152 cm³/mol. The zero-order valence-corrected chi connectivity index (χ0v) is 24.5. The number of nitrogens with zero attached hydrogens (tertiary/aromatic N) is 1. The third kappa shape index (κ3) is 7.97. The molecule has 212 valence electrons. The Balaban J connectivity index is 1.62. The van der Waals surface area contributed by atoms with Gasteiger partial charge in [-0.3, -0.25) is 14.0 Å². The number of halogens is 2. The third-order valence-corrected chi connectivity index (χ3v) is 8.78. The SMILES string of the molecule is CCC(=CC1Oc2ccc(Cl)cc2[NH+]1CCCS(=O)(=O)O)C=C1Cc2ccc(Cl)cc2N1CCCS(=O)(=O)O. The first-order valence-corrected chi connectivity index (χ1v) is 16.5. The maximum Gasteiger partial charge on any atom is 0.265 e. The molecule has 0 saturated heterocycles. The van der Waals surface area contributed by atoms with Crippen LogP contribution in [0.3, 0.4) is 0 Å². The Labute approximate surface area is 239 Å². The van der Waals surface area contributed by atoms with Crippen molar-refractivity contribution in [3.8, 4) is 5.75 Å². The molecule has 2 aromatic carbocycles. The summed E-state index contributed by atoms with van der Waals surface area (Å²) in [6.07, 6.45) is 5.37. The minimum atomic E-state index is -4.09. The number of allylic oxidation sites excluding steroid dienone is 3. The van der Waals surface area contributed by atoms with Crippen molar-refractivity contribution in [1.29, 1.82) is 0 Å². The quantitative estimate of drug-likeness (QED) is 0.322. The molecule has 2 atom stereocenters. The van der Waals surface area contributed by atoms with E-state index in [0.717, 1.165) is 33.1 Å². The van der Waals surface area contributed by atoms with E-state index in [1.165, 1.54) is 0 Å². The van der Waals surface area contributed by atoms with Gasteiger partial charge in [0.1, 0.15) is 0 Å². The van der Waals surface area contributed by atoms with Gasteiger partial charge in [0.15, 0.2) is 11.4 Å². The Morgan fingerprint density at radius 3 is 2.41 bits per heavy atom. The molecule has 9 nitrogen and oxygen atoms in total. The highest BCUT2D eigenvalue weighted by molar-refractivity contribution is 7.86. The van der Waals surface area contributed by atoms with Gasteiger partial charge in [-0.1, -0.05) is 36.2 Å². The van der Waals surface area contributed by atoms with Crippen LogP contribution in [0.25, 0.3) is 0 Å². The molecule has 0 radical (unpaired) electrons. The van der Waals surface area contributed by atoms with E-state index in [1.807, 2.05) is 36.1 Å². The molecule has 0 aliphatic carbocycles. The number of rotatable bonds is 11. The van der Waals surface area contributed by atoms with Crippen LogP contribution in [-0.2, 0) is 26.7 Å². The van der Waals surface area contributed by atoms with Gasteiger partial charge in [0.05, 0.1) is 18.1 Å². The smallest absolute Gasteiger partial charge is 0.265 e. The van der Waals surface area contributed by atoms with Crippen LogP contribution < -0.4 is 14.5 Å². The van der Waals surface area contributed by atoms with E-state index in [9.17, 15) is 25.9 Å². The molecule has 2 aliphatic rings. The van der Waals surface area contributed by atoms with E-state index in [-0.39, 0.29) is 24.3 Å². The number of benzene rings is 2. The Morgan fingerprint density at radius 2 is 1.72 bits per heavy atom. The molecule has 4 rings (SSSR count). The minimum absolute atomic E-state index is 0.230. The molecular weight excluding hydrogens is 587 g/mol. The summed E-state index contributed by atoms with van der Waals surface area (Å²) < 4.78 is 69.8. The van der Waals surface area contributed by atoms with E-state index < -0.39 is 26.5 Å². The lowest BCUT2D eigenvalue weighted by Gasteiger charge is -2.22. The fraction of sp³-hybridized carbons (Fsp3) is 0.385. The van der Waals surface area contributed by atoms with Crippen LogP contribution in [0.4, 0.5) is 11.4 Å². The second-order valence-corrected chi connectivity index (χ2v) is 13.6. The maximum absolute atomic E-state index is 11.3. The summed E-state index contributed by atoms with van der Waals surface area (Å²) in [5, 5.41) is 1.11. The van der Waals surface area contributed by atoms with Crippen LogP contribution in [0.15, 0.2) is 59.8 Å². The van der Waals surface area contributed by atoms with Crippen molar-refractivity contribution in [1.82, 2.24) is 0 Å².